The average Bonchev–Trinajstić information content (AvgIpc) is 3.31. The number of carbonyl (C=O) groups is 2. The number of nitrogens with zero attached hydrogens (tertiary/aromatic N) is 5. The van der Waals surface area contributed by atoms with Gasteiger partial charge in [0.15, 0.2) is 11.6 Å². The minimum atomic E-state index is -0.781. The van der Waals surface area contributed by atoms with E-state index in [1.807, 2.05) is 4.57 Å². The first-order valence-electron chi connectivity index (χ1n) is 9.91. The SMILES string of the molecule is CC(C)C(=O)N1C[C@H](O)C[C@H]1c1nnc2n1CCN(C(=O)c1cc(F)ccc1F)C2. The molecule has 1 fully saturated rings. The van der Waals surface area contributed by atoms with Crippen molar-refractivity contribution < 1.29 is 23.5 Å². The van der Waals surface area contributed by atoms with E-state index in [4.69, 9.17) is 0 Å². The molecular weight excluding hydrogens is 396 g/mol. The number of halogens is 2. The van der Waals surface area contributed by atoms with Gasteiger partial charge in [0.1, 0.15) is 11.6 Å². The molecule has 0 bridgehead atoms. The lowest BCUT2D eigenvalue weighted by molar-refractivity contribution is -0.135. The monoisotopic (exact) mass is 419 g/mol. The zero-order chi connectivity index (χ0) is 21.6. The minimum Gasteiger partial charge on any atom is -0.391 e. The summed E-state index contributed by atoms with van der Waals surface area (Å²) < 4.78 is 29.3. The first-order chi connectivity index (χ1) is 14.3. The second-order valence-electron chi connectivity index (χ2n) is 8.03. The van der Waals surface area contributed by atoms with Crippen molar-refractivity contribution in [1.82, 2.24) is 24.6 Å². The number of fused-ring (bicyclic) bond motifs is 1. The number of likely N-dealkylation sites (tertiary alicyclic amines) is 1. The minimum absolute atomic E-state index is 0.0666. The molecule has 8 nitrogen and oxygen atoms in total. The van der Waals surface area contributed by atoms with Crippen molar-refractivity contribution >= 4 is 11.8 Å². The van der Waals surface area contributed by atoms with E-state index in [0.29, 0.717) is 24.6 Å². The van der Waals surface area contributed by atoms with Crippen LogP contribution in [0.2, 0.25) is 0 Å². The molecule has 0 saturated carbocycles. The molecule has 4 rings (SSSR count). The van der Waals surface area contributed by atoms with Crippen molar-refractivity contribution in [2.24, 2.45) is 5.92 Å². The van der Waals surface area contributed by atoms with Gasteiger partial charge < -0.3 is 19.5 Å². The number of benzene rings is 1. The molecule has 0 radical (unpaired) electrons. The Balaban J connectivity index is 1.57. The number of rotatable bonds is 3. The summed E-state index contributed by atoms with van der Waals surface area (Å²) in [7, 11) is 0. The van der Waals surface area contributed by atoms with E-state index in [1.54, 1.807) is 18.7 Å². The number of aliphatic hydroxyl groups is 1. The molecule has 0 aliphatic carbocycles. The first kappa shape index (κ1) is 20.4. The van der Waals surface area contributed by atoms with Gasteiger partial charge in [-0.05, 0) is 18.2 Å². The van der Waals surface area contributed by atoms with Gasteiger partial charge in [-0.2, -0.15) is 0 Å². The van der Waals surface area contributed by atoms with Gasteiger partial charge in [0.05, 0.1) is 24.3 Å². The molecule has 0 spiro atoms. The Morgan fingerprint density at radius 2 is 1.97 bits per heavy atom. The summed E-state index contributed by atoms with van der Waals surface area (Å²) in [4.78, 5) is 28.3. The number of hydrogen-bond donors (Lipinski definition) is 1. The Morgan fingerprint density at radius 3 is 2.70 bits per heavy atom. The molecule has 30 heavy (non-hydrogen) atoms. The molecule has 1 saturated heterocycles. The summed E-state index contributed by atoms with van der Waals surface area (Å²) in [5, 5.41) is 18.5. The summed E-state index contributed by atoms with van der Waals surface area (Å²) in [6, 6.07) is 2.39. The van der Waals surface area contributed by atoms with Gasteiger partial charge in [0, 0.05) is 32.0 Å². The topological polar surface area (TPSA) is 91.6 Å². The smallest absolute Gasteiger partial charge is 0.257 e. The highest BCUT2D eigenvalue weighted by molar-refractivity contribution is 5.94. The van der Waals surface area contributed by atoms with E-state index in [-0.39, 0.29) is 43.1 Å². The van der Waals surface area contributed by atoms with Crippen LogP contribution in [-0.2, 0) is 17.9 Å². The largest absolute Gasteiger partial charge is 0.391 e. The number of amides is 2. The van der Waals surface area contributed by atoms with E-state index in [2.05, 4.69) is 10.2 Å². The molecular formula is C20H23F2N5O3. The van der Waals surface area contributed by atoms with Crippen LogP contribution in [0, 0.1) is 17.6 Å². The Bertz CT molecular complexity index is 993. The number of aromatic nitrogens is 3. The highest BCUT2D eigenvalue weighted by atomic mass is 19.1. The van der Waals surface area contributed by atoms with E-state index in [9.17, 15) is 23.5 Å². The predicted molar refractivity (Wildman–Crippen MR) is 101 cm³/mol. The molecule has 160 valence electrons. The quantitative estimate of drug-likeness (QED) is 0.814. The normalized spacial score (nSPS) is 21.3. The Kier molecular flexibility index (Phi) is 5.27. The zero-order valence-electron chi connectivity index (χ0n) is 16.8. The fourth-order valence-corrected chi connectivity index (χ4v) is 4.07. The highest BCUT2D eigenvalue weighted by Gasteiger charge is 2.40. The zero-order valence-corrected chi connectivity index (χ0v) is 16.8. The number of hydrogen-bond acceptors (Lipinski definition) is 5. The molecule has 2 amide bonds. The van der Waals surface area contributed by atoms with Crippen LogP contribution < -0.4 is 0 Å². The first-order valence-corrected chi connectivity index (χ1v) is 9.91. The van der Waals surface area contributed by atoms with Gasteiger partial charge in [0.2, 0.25) is 5.91 Å². The predicted octanol–water partition coefficient (Wildman–Crippen LogP) is 1.50. The second kappa shape index (κ2) is 7.75. The van der Waals surface area contributed by atoms with Crippen molar-refractivity contribution in [1.29, 1.82) is 0 Å². The molecule has 2 aliphatic rings. The van der Waals surface area contributed by atoms with Crippen LogP contribution in [0.3, 0.4) is 0 Å². The maximum atomic E-state index is 14.0. The van der Waals surface area contributed by atoms with E-state index >= 15 is 0 Å². The average molecular weight is 419 g/mol. The third-order valence-electron chi connectivity index (χ3n) is 5.58. The fraction of sp³-hybridized carbons (Fsp3) is 0.500. The van der Waals surface area contributed by atoms with Crippen LogP contribution in [0.15, 0.2) is 18.2 Å². The standard InChI is InChI=1S/C20H23F2N5O3/c1-11(2)19(29)27-9-13(28)8-16(27)18-24-23-17-10-25(5-6-26(17)18)20(30)14-7-12(21)3-4-15(14)22/h3-4,7,11,13,16,28H,5-6,8-10H2,1-2H3/t13-,16+/m1/s1. The maximum absolute atomic E-state index is 14.0. The van der Waals surface area contributed by atoms with Gasteiger partial charge in [-0.15, -0.1) is 10.2 Å². The lowest BCUT2D eigenvalue weighted by atomic mass is 10.1. The molecule has 0 unspecified atom stereocenters. The Labute approximate surface area is 172 Å². The molecule has 3 heterocycles. The summed E-state index contributed by atoms with van der Waals surface area (Å²) in [6.07, 6.45) is -0.267. The third kappa shape index (κ3) is 3.55. The molecule has 10 heteroatoms. The fourth-order valence-electron chi connectivity index (χ4n) is 4.07. The van der Waals surface area contributed by atoms with Crippen LogP contribution in [0.4, 0.5) is 8.78 Å². The summed E-state index contributed by atoms with van der Waals surface area (Å²) in [6.45, 7) is 4.57. The molecule has 1 N–H and O–H groups in total. The lowest BCUT2D eigenvalue weighted by Crippen LogP contribution is -2.40. The molecule has 2 aromatic rings. The van der Waals surface area contributed by atoms with Gasteiger partial charge in [-0.3, -0.25) is 9.59 Å². The molecule has 2 aliphatic heterocycles. The summed E-state index contributed by atoms with van der Waals surface area (Å²) in [5.74, 6) is -1.29. The second-order valence-corrected chi connectivity index (χ2v) is 8.03. The van der Waals surface area contributed by atoms with Gasteiger partial charge in [-0.1, -0.05) is 13.8 Å². The van der Waals surface area contributed by atoms with Crippen molar-refractivity contribution in [2.75, 3.05) is 13.1 Å². The number of aliphatic hydroxyl groups excluding tert-OH is 1. The van der Waals surface area contributed by atoms with Crippen LogP contribution in [0.1, 0.15) is 48.3 Å². The van der Waals surface area contributed by atoms with Gasteiger partial charge in [-0.25, -0.2) is 8.78 Å². The van der Waals surface area contributed by atoms with Gasteiger partial charge in [0.25, 0.3) is 5.91 Å². The van der Waals surface area contributed by atoms with Crippen molar-refractivity contribution in [3.8, 4) is 0 Å². The molecule has 2 atom stereocenters. The van der Waals surface area contributed by atoms with E-state index < -0.39 is 23.6 Å². The number of carbonyl (C=O) groups excluding carboxylic acids is 2. The molecule has 1 aromatic heterocycles. The van der Waals surface area contributed by atoms with E-state index in [1.165, 1.54) is 4.90 Å². The lowest BCUT2D eigenvalue weighted by Gasteiger charge is -2.30. The van der Waals surface area contributed by atoms with Crippen LogP contribution in [0.5, 0.6) is 0 Å². The van der Waals surface area contributed by atoms with Gasteiger partial charge >= 0.3 is 0 Å². The van der Waals surface area contributed by atoms with Crippen molar-refractivity contribution in [2.45, 2.75) is 45.5 Å². The third-order valence-corrected chi connectivity index (χ3v) is 5.58. The van der Waals surface area contributed by atoms with Crippen LogP contribution in [0.25, 0.3) is 0 Å². The molecule has 1 aromatic carbocycles. The maximum Gasteiger partial charge on any atom is 0.257 e. The van der Waals surface area contributed by atoms with Crippen molar-refractivity contribution in [3.63, 3.8) is 0 Å². The Hall–Kier alpha value is -2.88. The Morgan fingerprint density at radius 1 is 1.20 bits per heavy atom. The van der Waals surface area contributed by atoms with E-state index in [0.717, 1.165) is 18.2 Å². The van der Waals surface area contributed by atoms with Crippen molar-refractivity contribution in [3.05, 3.63) is 47.0 Å². The highest BCUT2D eigenvalue weighted by Crippen LogP contribution is 2.33. The van der Waals surface area contributed by atoms with Crippen LogP contribution >= 0.6 is 0 Å². The number of β-amino-alcohol motifs (C(OH)–C–C–N with tert-alkyl or cyclic N) is 1. The summed E-state index contributed by atoms with van der Waals surface area (Å²) in [5.41, 5.74) is -0.323. The van der Waals surface area contributed by atoms with Crippen LogP contribution in [-0.4, -0.2) is 60.7 Å². The summed E-state index contributed by atoms with van der Waals surface area (Å²) >= 11 is 0.